The molecule has 0 N–H and O–H groups in total. The molecule has 12 heavy (non-hydrogen) atoms. The molecule has 0 aliphatic carbocycles. The highest BCUT2D eigenvalue weighted by atomic mass is 127. The summed E-state index contributed by atoms with van der Waals surface area (Å²) in [6.45, 7) is 0. The van der Waals surface area contributed by atoms with Gasteiger partial charge in [0.1, 0.15) is 0 Å². The molecule has 0 bridgehead atoms. The summed E-state index contributed by atoms with van der Waals surface area (Å²) >= 11 is 4.76. The zero-order valence-electron chi connectivity index (χ0n) is 6.00. The summed E-state index contributed by atoms with van der Waals surface area (Å²) in [5, 5.41) is 0. The molecule has 0 radical (unpaired) electrons. The van der Waals surface area contributed by atoms with Gasteiger partial charge in [0.05, 0.1) is 15.2 Å². The summed E-state index contributed by atoms with van der Waals surface area (Å²) < 4.78 is 31.1. The van der Waals surface area contributed by atoms with Crippen LogP contribution in [0, 0.1) is 15.2 Å². The highest BCUT2D eigenvalue weighted by Crippen LogP contribution is 2.32. The average Bonchev–Trinajstić information content (AvgIpc) is 2.01. The Morgan fingerprint density at radius 3 is 2.50 bits per heavy atom. The monoisotopic (exact) mass is 348 g/mol. The number of hydrogen-bond donors (Lipinski definition) is 0. The lowest BCUT2D eigenvalue weighted by atomic mass is 10.3. The highest BCUT2D eigenvalue weighted by Gasteiger charge is 2.16. The standard InChI is InChI=1S/C7H4BrF2IO/c1-12-7-3(8)2-4(11)5(9)6(7)10/h2H,1H3. The first-order valence-electron chi connectivity index (χ1n) is 2.95. The predicted octanol–water partition coefficient (Wildman–Crippen LogP) is 3.34. The molecular formula is C7H4BrF2IO. The van der Waals surface area contributed by atoms with Crippen molar-refractivity contribution in [1.29, 1.82) is 0 Å². The second kappa shape index (κ2) is 3.87. The van der Waals surface area contributed by atoms with E-state index in [1.165, 1.54) is 13.2 Å². The Kier molecular flexibility index (Phi) is 3.28. The topological polar surface area (TPSA) is 9.23 Å². The van der Waals surface area contributed by atoms with Crippen molar-refractivity contribution in [2.75, 3.05) is 7.11 Å². The zero-order valence-corrected chi connectivity index (χ0v) is 9.74. The molecule has 0 spiro atoms. The maximum absolute atomic E-state index is 13.0. The van der Waals surface area contributed by atoms with Gasteiger partial charge in [-0.05, 0) is 44.6 Å². The van der Waals surface area contributed by atoms with Gasteiger partial charge in [0, 0.05) is 0 Å². The molecule has 0 amide bonds. The van der Waals surface area contributed by atoms with Gasteiger partial charge in [-0.25, -0.2) is 4.39 Å². The summed E-state index contributed by atoms with van der Waals surface area (Å²) in [5.41, 5.74) is 0. The Morgan fingerprint density at radius 2 is 2.00 bits per heavy atom. The van der Waals surface area contributed by atoms with Crippen LogP contribution in [0.1, 0.15) is 0 Å². The van der Waals surface area contributed by atoms with Gasteiger partial charge in [0.15, 0.2) is 11.6 Å². The Bertz CT molecular complexity index is 317. The molecule has 0 aromatic heterocycles. The molecule has 1 aromatic carbocycles. The molecule has 5 heteroatoms. The van der Waals surface area contributed by atoms with Crippen LogP contribution in [0.15, 0.2) is 10.5 Å². The molecule has 0 saturated carbocycles. The van der Waals surface area contributed by atoms with Gasteiger partial charge >= 0.3 is 0 Å². The van der Waals surface area contributed by atoms with Gasteiger partial charge in [0.2, 0.25) is 5.82 Å². The Hall–Kier alpha value is 0.0900. The molecule has 0 fully saturated rings. The fraction of sp³-hybridized carbons (Fsp3) is 0.143. The van der Waals surface area contributed by atoms with Crippen molar-refractivity contribution >= 4 is 38.5 Å². The first-order chi connectivity index (χ1) is 5.57. The second-order valence-corrected chi connectivity index (χ2v) is 4.02. The third kappa shape index (κ3) is 1.71. The molecule has 0 heterocycles. The van der Waals surface area contributed by atoms with Crippen LogP contribution in [0.5, 0.6) is 5.75 Å². The minimum absolute atomic E-state index is 0.104. The molecule has 0 unspecified atom stereocenters. The van der Waals surface area contributed by atoms with E-state index in [0.29, 0.717) is 4.47 Å². The third-order valence-electron chi connectivity index (χ3n) is 1.28. The molecule has 0 atom stereocenters. The van der Waals surface area contributed by atoms with E-state index in [1.807, 2.05) is 0 Å². The van der Waals surface area contributed by atoms with Crippen molar-refractivity contribution in [3.05, 3.63) is 25.7 Å². The van der Waals surface area contributed by atoms with Gasteiger partial charge in [-0.1, -0.05) is 0 Å². The van der Waals surface area contributed by atoms with Crippen molar-refractivity contribution in [2.45, 2.75) is 0 Å². The molecular weight excluding hydrogens is 345 g/mol. The second-order valence-electron chi connectivity index (χ2n) is 2.00. The van der Waals surface area contributed by atoms with E-state index in [9.17, 15) is 8.78 Å². The lowest BCUT2D eigenvalue weighted by molar-refractivity contribution is 0.368. The third-order valence-corrected chi connectivity index (χ3v) is 2.65. The van der Waals surface area contributed by atoms with Gasteiger partial charge in [-0.15, -0.1) is 0 Å². The van der Waals surface area contributed by atoms with Gasteiger partial charge in [0.25, 0.3) is 0 Å². The van der Waals surface area contributed by atoms with Crippen molar-refractivity contribution in [3.8, 4) is 5.75 Å². The number of ether oxygens (including phenoxy) is 1. The van der Waals surface area contributed by atoms with E-state index in [1.54, 1.807) is 22.6 Å². The largest absolute Gasteiger partial charge is 0.492 e. The van der Waals surface area contributed by atoms with Crippen molar-refractivity contribution in [2.24, 2.45) is 0 Å². The lowest BCUT2D eigenvalue weighted by Crippen LogP contribution is -1.95. The molecule has 1 rings (SSSR count). The van der Waals surface area contributed by atoms with Crippen LogP contribution >= 0.6 is 38.5 Å². The van der Waals surface area contributed by atoms with Crippen LogP contribution in [-0.4, -0.2) is 7.11 Å². The molecule has 66 valence electrons. The quantitative estimate of drug-likeness (QED) is 0.429. The van der Waals surface area contributed by atoms with Crippen LogP contribution in [0.3, 0.4) is 0 Å². The van der Waals surface area contributed by atoms with Crippen LogP contribution in [0.4, 0.5) is 8.78 Å². The first-order valence-corrected chi connectivity index (χ1v) is 4.82. The SMILES string of the molecule is COc1c(Br)cc(I)c(F)c1F. The molecule has 0 aliphatic heterocycles. The predicted molar refractivity (Wildman–Crippen MR) is 53.3 cm³/mol. The normalized spacial score (nSPS) is 10.1. The van der Waals surface area contributed by atoms with Gasteiger partial charge in [-0.2, -0.15) is 4.39 Å². The van der Waals surface area contributed by atoms with Crippen LogP contribution < -0.4 is 4.74 Å². The fourth-order valence-corrected chi connectivity index (χ4v) is 2.28. The number of hydrogen-bond acceptors (Lipinski definition) is 1. The lowest BCUT2D eigenvalue weighted by Gasteiger charge is -2.05. The zero-order chi connectivity index (χ0) is 9.30. The Morgan fingerprint density at radius 1 is 1.42 bits per heavy atom. The number of methoxy groups -OCH3 is 1. The smallest absolute Gasteiger partial charge is 0.202 e. The summed E-state index contributed by atoms with van der Waals surface area (Å²) in [6.07, 6.45) is 0. The molecule has 0 saturated heterocycles. The van der Waals surface area contributed by atoms with E-state index < -0.39 is 11.6 Å². The van der Waals surface area contributed by atoms with Crippen molar-refractivity contribution < 1.29 is 13.5 Å². The summed E-state index contributed by atoms with van der Waals surface area (Å²) in [7, 11) is 1.29. The summed E-state index contributed by atoms with van der Waals surface area (Å²) in [5.74, 6) is -1.94. The Labute approximate surface area is 90.4 Å². The number of benzene rings is 1. The van der Waals surface area contributed by atoms with E-state index in [-0.39, 0.29) is 9.32 Å². The van der Waals surface area contributed by atoms with Crippen molar-refractivity contribution in [3.63, 3.8) is 0 Å². The number of rotatable bonds is 1. The maximum atomic E-state index is 13.0. The minimum atomic E-state index is -0.962. The fourth-order valence-electron chi connectivity index (χ4n) is 0.737. The molecule has 0 aliphatic rings. The maximum Gasteiger partial charge on any atom is 0.202 e. The van der Waals surface area contributed by atoms with Gasteiger partial charge in [-0.3, -0.25) is 0 Å². The molecule has 1 aromatic rings. The van der Waals surface area contributed by atoms with Gasteiger partial charge < -0.3 is 4.74 Å². The van der Waals surface area contributed by atoms with Crippen LogP contribution in [0.2, 0.25) is 0 Å². The summed E-state index contributed by atoms with van der Waals surface area (Å²) in [6, 6.07) is 1.46. The number of halogens is 4. The van der Waals surface area contributed by atoms with E-state index >= 15 is 0 Å². The molecule has 1 nitrogen and oxygen atoms in total. The van der Waals surface area contributed by atoms with E-state index in [2.05, 4.69) is 20.7 Å². The Balaban J connectivity index is 3.40. The van der Waals surface area contributed by atoms with Crippen LogP contribution in [-0.2, 0) is 0 Å². The van der Waals surface area contributed by atoms with Crippen LogP contribution in [0.25, 0.3) is 0 Å². The first kappa shape index (κ1) is 10.2. The minimum Gasteiger partial charge on any atom is -0.492 e. The van der Waals surface area contributed by atoms with E-state index in [0.717, 1.165) is 0 Å². The summed E-state index contributed by atoms with van der Waals surface area (Å²) in [4.78, 5) is 0. The highest BCUT2D eigenvalue weighted by molar-refractivity contribution is 14.1. The van der Waals surface area contributed by atoms with Crippen molar-refractivity contribution in [1.82, 2.24) is 0 Å². The van der Waals surface area contributed by atoms with E-state index in [4.69, 9.17) is 0 Å². The average molecular weight is 349 g/mol.